The summed E-state index contributed by atoms with van der Waals surface area (Å²) < 4.78 is 4.60. The number of nitrogens with two attached hydrogens (primary N) is 1. The first-order valence-electron chi connectivity index (χ1n) is 5.66. The summed E-state index contributed by atoms with van der Waals surface area (Å²) in [5.74, 6) is -0.802. The minimum atomic E-state index is -0.642. The average Bonchev–Trinajstić information content (AvgIpc) is 2.43. The summed E-state index contributed by atoms with van der Waals surface area (Å²) in [6.07, 6.45) is 1.98. The molecule has 1 rings (SSSR count). The lowest BCUT2D eigenvalue weighted by Crippen LogP contribution is -2.41. The highest BCUT2D eigenvalue weighted by Gasteiger charge is 2.20. The highest BCUT2D eigenvalue weighted by atomic mass is 35.5. The third kappa shape index (κ3) is 4.84. The molecular weight excluding hydrogens is 270 g/mol. The van der Waals surface area contributed by atoms with Gasteiger partial charge in [0.2, 0.25) is 0 Å². The van der Waals surface area contributed by atoms with E-state index in [1.807, 2.05) is 0 Å². The van der Waals surface area contributed by atoms with Gasteiger partial charge in [0, 0.05) is 18.3 Å². The number of methoxy groups -OCH3 is 1. The Labute approximate surface area is 118 Å². The molecule has 3 N–H and O–H groups in total. The zero-order chi connectivity index (χ0) is 13.5. The van der Waals surface area contributed by atoms with Crippen LogP contribution in [-0.4, -0.2) is 30.0 Å². The van der Waals surface area contributed by atoms with Gasteiger partial charge in [-0.05, 0) is 18.6 Å². The van der Waals surface area contributed by atoms with Gasteiger partial charge >= 0.3 is 5.97 Å². The van der Waals surface area contributed by atoms with Crippen LogP contribution in [0.2, 0.25) is 0 Å². The summed E-state index contributed by atoms with van der Waals surface area (Å²) >= 11 is 0. The number of amides is 1. The number of pyridine rings is 1. The molecule has 1 aromatic heterocycles. The Kier molecular flexibility index (Phi) is 7.71. The standard InChI is InChI=1S/C12H17N3O3.ClH/c1-3-10(12(17)18-2)15-11(16)8-4-5-14-9(6-8)7-13;/h4-6,10H,3,7,13H2,1-2H3,(H,15,16);1H. The highest BCUT2D eigenvalue weighted by Crippen LogP contribution is 2.03. The number of hydrogen-bond acceptors (Lipinski definition) is 5. The first-order valence-corrected chi connectivity index (χ1v) is 5.66. The van der Waals surface area contributed by atoms with Crippen LogP contribution in [0.3, 0.4) is 0 Å². The normalized spacial score (nSPS) is 11.1. The van der Waals surface area contributed by atoms with Gasteiger partial charge in [-0.3, -0.25) is 9.78 Å². The maximum atomic E-state index is 11.9. The van der Waals surface area contributed by atoms with Crippen LogP contribution >= 0.6 is 12.4 Å². The molecule has 0 radical (unpaired) electrons. The zero-order valence-corrected chi connectivity index (χ0v) is 11.7. The number of hydrogen-bond donors (Lipinski definition) is 2. The number of aromatic nitrogens is 1. The van der Waals surface area contributed by atoms with Crippen molar-refractivity contribution in [2.24, 2.45) is 5.73 Å². The Morgan fingerprint density at radius 2 is 2.21 bits per heavy atom. The topological polar surface area (TPSA) is 94.3 Å². The van der Waals surface area contributed by atoms with Crippen molar-refractivity contribution >= 4 is 24.3 Å². The van der Waals surface area contributed by atoms with Gasteiger partial charge in [0.15, 0.2) is 0 Å². The average molecular weight is 288 g/mol. The molecular formula is C12H18ClN3O3. The Morgan fingerprint density at radius 1 is 1.53 bits per heavy atom. The van der Waals surface area contributed by atoms with E-state index >= 15 is 0 Å². The third-order valence-corrected chi connectivity index (χ3v) is 2.49. The summed E-state index contributed by atoms with van der Waals surface area (Å²) in [4.78, 5) is 27.3. The van der Waals surface area contributed by atoms with Gasteiger partial charge in [-0.2, -0.15) is 0 Å². The van der Waals surface area contributed by atoms with E-state index in [0.29, 0.717) is 17.7 Å². The molecule has 0 bridgehead atoms. The van der Waals surface area contributed by atoms with Gasteiger partial charge in [-0.25, -0.2) is 4.79 Å². The number of rotatable bonds is 5. The number of esters is 1. The van der Waals surface area contributed by atoms with Crippen LogP contribution in [0, 0.1) is 0 Å². The van der Waals surface area contributed by atoms with E-state index in [-0.39, 0.29) is 24.9 Å². The molecule has 1 amide bonds. The Balaban J connectivity index is 0.00000324. The highest BCUT2D eigenvalue weighted by molar-refractivity contribution is 5.96. The van der Waals surface area contributed by atoms with Crippen LogP contribution in [0.4, 0.5) is 0 Å². The lowest BCUT2D eigenvalue weighted by Gasteiger charge is -2.14. The fraction of sp³-hybridized carbons (Fsp3) is 0.417. The lowest BCUT2D eigenvalue weighted by atomic mass is 10.1. The van der Waals surface area contributed by atoms with E-state index in [1.54, 1.807) is 19.1 Å². The van der Waals surface area contributed by atoms with E-state index in [2.05, 4.69) is 15.0 Å². The van der Waals surface area contributed by atoms with E-state index in [0.717, 1.165) is 0 Å². The summed E-state index contributed by atoms with van der Waals surface area (Å²) in [7, 11) is 1.29. The molecule has 19 heavy (non-hydrogen) atoms. The van der Waals surface area contributed by atoms with Gasteiger partial charge in [-0.15, -0.1) is 12.4 Å². The fourth-order valence-corrected chi connectivity index (χ4v) is 1.44. The molecule has 0 aliphatic heterocycles. The predicted molar refractivity (Wildman–Crippen MR) is 72.9 cm³/mol. The molecule has 0 fully saturated rings. The lowest BCUT2D eigenvalue weighted by molar-refractivity contribution is -0.142. The smallest absolute Gasteiger partial charge is 0.328 e. The molecule has 0 saturated carbocycles. The zero-order valence-electron chi connectivity index (χ0n) is 10.9. The van der Waals surface area contributed by atoms with Crippen molar-refractivity contribution in [3.63, 3.8) is 0 Å². The number of carbonyl (C=O) groups excluding carboxylic acids is 2. The van der Waals surface area contributed by atoms with Gasteiger partial charge in [-0.1, -0.05) is 6.92 Å². The Bertz CT molecular complexity index is 440. The summed E-state index contributed by atoms with van der Waals surface area (Å²) in [5.41, 5.74) is 6.49. The SMILES string of the molecule is CCC(NC(=O)c1ccnc(CN)c1)C(=O)OC.Cl. The Morgan fingerprint density at radius 3 is 2.74 bits per heavy atom. The summed E-state index contributed by atoms with van der Waals surface area (Å²) in [6.45, 7) is 2.05. The number of carbonyl (C=O) groups is 2. The van der Waals surface area contributed by atoms with Gasteiger partial charge in [0.25, 0.3) is 5.91 Å². The van der Waals surface area contributed by atoms with Crippen LogP contribution in [0.5, 0.6) is 0 Å². The monoisotopic (exact) mass is 287 g/mol. The van der Waals surface area contributed by atoms with E-state index in [1.165, 1.54) is 13.3 Å². The quantitative estimate of drug-likeness (QED) is 0.775. The minimum absolute atomic E-state index is 0. The van der Waals surface area contributed by atoms with Crippen LogP contribution in [0.15, 0.2) is 18.3 Å². The van der Waals surface area contributed by atoms with Crippen molar-refractivity contribution < 1.29 is 14.3 Å². The van der Waals surface area contributed by atoms with Gasteiger partial charge in [0.05, 0.1) is 12.8 Å². The molecule has 1 atom stereocenters. The van der Waals surface area contributed by atoms with E-state index in [9.17, 15) is 9.59 Å². The molecule has 0 aliphatic carbocycles. The van der Waals surface area contributed by atoms with Gasteiger partial charge < -0.3 is 15.8 Å². The first-order chi connectivity index (χ1) is 8.62. The molecule has 106 valence electrons. The third-order valence-electron chi connectivity index (χ3n) is 2.49. The van der Waals surface area contributed by atoms with Gasteiger partial charge in [0.1, 0.15) is 6.04 Å². The summed E-state index contributed by atoms with van der Waals surface area (Å²) in [5, 5.41) is 2.60. The molecule has 1 aromatic rings. The minimum Gasteiger partial charge on any atom is -0.467 e. The Hall–Kier alpha value is -1.66. The molecule has 6 nitrogen and oxygen atoms in total. The molecule has 0 aliphatic rings. The predicted octanol–water partition coefficient (Wildman–Crippen LogP) is 0.643. The van der Waals surface area contributed by atoms with Crippen LogP contribution in [-0.2, 0) is 16.1 Å². The van der Waals surface area contributed by atoms with Crippen LogP contribution in [0.1, 0.15) is 29.4 Å². The van der Waals surface area contributed by atoms with Crippen LogP contribution in [0.25, 0.3) is 0 Å². The van der Waals surface area contributed by atoms with Crippen molar-refractivity contribution in [2.75, 3.05) is 7.11 Å². The molecule has 1 heterocycles. The molecule has 0 spiro atoms. The maximum Gasteiger partial charge on any atom is 0.328 e. The number of nitrogens with one attached hydrogen (secondary N) is 1. The van der Waals surface area contributed by atoms with E-state index in [4.69, 9.17) is 5.73 Å². The van der Waals surface area contributed by atoms with Crippen molar-refractivity contribution in [3.05, 3.63) is 29.6 Å². The number of nitrogens with zero attached hydrogens (tertiary/aromatic N) is 1. The second-order valence-electron chi connectivity index (χ2n) is 3.70. The van der Waals surface area contributed by atoms with E-state index < -0.39 is 12.0 Å². The van der Waals surface area contributed by atoms with Crippen molar-refractivity contribution in [1.82, 2.24) is 10.3 Å². The number of halogens is 1. The van der Waals surface area contributed by atoms with Crippen molar-refractivity contribution in [1.29, 1.82) is 0 Å². The molecule has 7 heteroatoms. The molecule has 0 aromatic carbocycles. The maximum absolute atomic E-state index is 11.9. The largest absolute Gasteiger partial charge is 0.467 e. The fourth-order valence-electron chi connectivity index (χ4n) is 1.44. The molecule has 1 unspecified atom stereocenters. The van der Waals surface area contributed by atoms with Crippen molar-refractivity contribution in [2.45, 2.75) is 25.9 Å². The first kappa shape index (κ1) is 17.3. The second-order valence-corrected chi connectivity index (χ2v) is 3.70. The van der Waals surface area contributed by atoms with Crippen molar-refractivity contribution in [3.8, 4) is 0 Å². The molecule has 0 saturated heterocycles. The number of ether oxygens (including phenoxy) is 1. The summed E-state index contributed by atoms with van der Waals surface area (Å²) in [6, 6.07) is 2.52. The van der Waals surface area contributed by atoms with Crippen LogP contribution < -0.4 is 11.1 Å². The second kappa shape index (κ2) is 8.44.